The second-order valence-electron chi connectivity index (χ2n) is 8.96. The minimum absolute atomic E-state index is 0.246. The van der Waals surface area contributed by atoms with E-state index in [1.165, 1.54) is 25.7 Å². The maximum absolute atomic E-state index is 12.6. The van der Waals surface area contributed by atoms with E-state index in [0.29, 0.717) is 6.10 Å². The molecule has 1 saturated carbocycles. The van der Waals surface area contributed by atoms with Crippen LogP contribution in [0, 0.1) is 11.8 Å². The van der Waals surface area contributed by atoms with E-state index in [4.69, 9.17) is 4.74 Å². The Morgan fingerprint density at radius 3 is 2.35 bits per heavy atom. The largest absolute Gasteiger partial charge is 0.377 e. The zero-order valence-electron chi connectivity index (χ0n) is 15.8. The van der Waals surface area contributed by atoms with Gasteiger partial charge < -0.3 is 10.1 Å². The van der Waals surface area contributed by atoms with Gasteiger partial charge in [-0.2, -0.15) is 0 Å². The van der Waals surface area contributed by atoms with Crippen LogP contribution < -0.4 is 10.0 Å². The standard InChI is InChI=1S/C18H38N2O2S/c1-14(2)15-8-10-16(11-9-15)22-13-18-17(7-6-12-19-18)20-23(3,4,5)21/h14-19H,6-13H2,1-5H3,(H,20,21)/t15-,16+,17-,18-/m0/s1. The van der Waals surface area contributed by atoms with E-state index in [0.717, 1.165) is 37.8 Å². The van der Waals surface area contributed by atoms with Gasteiger partial charge in [0.15, 0.2) is 0 Å². The summed E-state index contributed by atoms with van der Waals surface area (Å²) < 4.78 is 22.3. The average Bonchev–Trinajstić information content (AvgIpc) is 2.44. The highest BCUT2D eigenvalue weighted by Gasteiger charge is 2.32. The van der Waals surface area contributed by atoms with E-state index in [1.807, 2.05) is 18.8 Å². The zero-order chi connectivity index (χ0) is 17.1. The lowest BCUT2D eigenvalue weighted by Crippen LogP contribution is -2.60. The van der Waals surface area contributed by atoms with Crippen molar-refractivity contribution in [2.24, 2.45) is 11.8 Å². The molecule has 0 unspecified atom stereocenters. The van der Waals surface area contributed by atoms with Crippen molar-refractivity contribution in [2.75, 3.05) is 31.9 Å². The third-order valence-electron chi connectivity index (χ3n) is 5.31. The molecular formula is C18H38N2O2S. The zero-order valence-corrected chi connectivity index (χ0v) is 16.6. The maximum Gasteiger partial charge on any atom is 0.0638 e. The van der Waals surface area contributed by atoms with Crippen LogP contribution in [0.3, 0.4) is 0 Å². The van der Waals surface area contributed by atoms with E-state index >= 15 is 0 Å². The second-order valence-corrected chi connectivity index (χ2v) is 14.0. The third-order valence-corrected chi connectivity index (χ3v) is 6.42. The number of nitrogens with one attached hydrogen (secondary N) is 2. The highest BCUT2D eigenvalue weighted by atomic mass is 32.3. The molecule has 0 aromatic heterocycles. The molecule has 0 aromatic rings. The van der Waals surface area contributed by atoms with E-state index in [-0.39, 0.29) is 12.1 Å². The quantitative estimate of drug-likeness (QED) is 0.777. The van der Waals surface area contributed by atoms with Gasteiger partial charge in [0, 0.05) is 30.9 Å². The third kappa shape index (κ3) is 6.81. The lowest BCUT2D eigenvalue weighted by atomic mass is 9.80. The van der Waals surface area contributed by atoms with Gasteiger partial charge in [-0.1, -0.05) is 23.1 Å². The van der Waals surface area contributed by atoms with E-state index in [9.17, 15) is 4.21 Å². The predicted octanol–water partition coefficient (Wildman–Crippen LogP) is 2.55. The minimum Gasteiger partial charge on any atom is -0.377 e. The molecule has 0 aromatic carbocycles. The van der Waals surface area contributed by atoms with Crippen LogP contribution in [0.2, 0.25) is 0 Å². The Hall–Kier alpha value is 0.0300. The molecule has 1 aliphatic heterocycles. The summed E-state index contributed by atoms with van der Waals surface area (Å²) in [5.74, 6) is 1.68. The Morgan fingerprint density at radius 2 is 1.78 bits per heavy atom. The first-order chi connectivity index (χ1) is 10.6. The molecule has 1 aliphatic carbocycles. The first-order valence-corrected chi connectivity index (χ1v) is 12.5. The van der Waals surface area contributed by atoms with Gasteiger partial charge in [0.05, 0.1) is 12.7 Å². The van der Waals surface area contributed by atoms with Crippen molar-refractivity contribution in [3.63, 3.8) is 0 Å². The summed E-state index contributed by atoms with van der Waals surface area (Å²) in [6.07, 6.45) is 13.1. The summed E-state index contributed by atoms with van der Waals surface area (Å²) in [6, 6.07) is 0.520. The van der Waals surface area contributed by atoms with E-state index in [2.05, 4.69) is 23.9 Å². The van der Waals surface area contributed by atoms with E-state index in [1.54, 1.807) is 0 Å². The molecule has 0 amide bonds. The molecule has 0 spiro atoms. The number of piperidine rings is 1. The van der Waals surface area contributed by atoms with Crippen molar-refractivity contribution in [1.29, 1.82) is 0 Å². The van der Waals surface area contributed by atoms with Crippen LogP contribution in [0.5, 0.6) is 0 Å². The van der Waals surface area contributed by atoms with Crippen LogP contribution in [0.4, 0.5) is 0 Å². The van der Waals surface area contributed by atoms with Gasteiger partial charge >= 0.3 is 0 Å². The van der Waals surface area contributed by atoms with Gasteiger partial charge in [0.2, 0.25) is 0 Å². The molecule has 0 radical (unpaired) electrons. The normalized spacial score (nSPS) is 35.0. The first-order valence-electron chi connectivity index (χ1n) is 9.32. The van der Waals surface area contributed by atoms with Gasteiger partial charge in [-0.05, 0) is 56.9 Å². The van der Waals surface area contributed by atoms with Crippen molar-refractivity contribution in [1.82, 2.24) is 10.0 Å². The Labute approximate surface area is 143 Å². The molecule has 1 saturated heterocycles. The lowest BCUT2D eigenvalue weighted by molar-refractivity contribution is -0.00405. The summed E-state index contributed by atoms with van der Waals surface area (Å²) in [6.45, 7) is 6.44. The highest BCUT2D eigenvalue weighted by molar-refractivity contribution is 8.16. The van der Waals surface area contributed by atoms with Gasteiger partial charge in [-0.25, -0.2) is 0 Å². The van der Waals surface area contributed by atoms with Crippen LogP contribution >= 0.6 is 0 Å². The smallest absolute Gasteiger partial charge is 0.0638 e. The predicted molar refractivity (Wildman–Crippen MR) is 100 cm³/mol. The van der Waals surface area contributed by atoms with Crippen molar-refractivity contribution in [3.8, 4) is 0 Å². The Morgan fingerprint density at radius 1 is 1.13 bits per heavy atom. The summed E-state index contributed by atoms with van der Waals surface area (Å²) in [5.41, 5.74) is 0. The molecule has 2 N–H and O–H groups in total. The maximum atomic E-state index is 12.6. The molecule has 2 rings (SSSR count). The van der Waals surface area contributed by atoms with Crippen LogP contribution in [-0.4, -0.2) is 54.3 Å². The summed E-state index contributed by atoms with van der Waals surface area (Å²) in [5, 5.41) is 3.57. The average molecular weight is 347 g/mol. The van der Waals surface area contributed by atoms with Gasteiger partial charge in [0.1, 0.15) is 0 Å². The van der Waals surface area contributed by atoms with Gasteiger partial charge in [0.25, 0.3) is 0 Å². The van der Waals surface area contributed by atoms with Gasteiger partial charge in [-0.3, -0.25) is 8.93 Å². The Bertz CT molecular complexity index is 427. The Kier molecular flexibility index (Phi) is 6.32. The summed E-state index contributed by atoms with van der Waals surface area (Å²) in [7, 11) is -2.69. The number of hydrogen-bond donors (Lipinski definition) is 2. The lowest BCUT2D eigenvalue weighted by Gasteiger charge is -2.41. The Balaban J connectivity index is 1.80. The van der Waals surface area contributed by atoms with Crippen molar-refractivity contribution in [2.45, 2.75) is 70.6 Å². The molecule has 5 heteroatoms. The fraction of sp³-hybridized carbons (Fsp3) is 1.00. The molecular weight excluding hydrogens is 308 g/mol. The molecule has 0 bridgehead atoms. The van der Waals surface area contributed by atoms with Crippen molar-refractivity contribution >= 4 is 9.25 Å². The van der Waals surface area contributed by atoms with Crippen LogP contribution in [-0.2, 0) is 14.0 Å². The molecule has 2 atom stereocenters. The number of rotatable bonds is 6. The molecule has 2 fully saturated rings. The van der Waals surface area contributed by atoms with Crippen molar-refractivity contribution in [3.05, 3.63) is 0 Å². The molecule has 1 heterocycles. The van der Waals surface area contributed by atoms with E-state index < -0.39 is 9.25 Å². The fourth-order valence-corrected chi connectivity index (χ4v) is 5.26. The highest BCUT2D eigenvalue weighted by Crippen LogP contribution is 2.31. The molecule has 2 aliphatic rings. The SMILES string of the molecule is CC(C)[C@H]1CC[C@@H](OC[C@@H]2NCCC[C@@H]2NS(C)(C)(C)=O)CC1. The monoisotopic (exact) mass is 346 g/mol. The molecule has 4 nitrogen and oxygen atoms in total. The number of ether oxygens (including phenoxy) is 1. The van der Waals surface area contributed by atoms with Gasteiger partial charge in [-0.15, -0.1) is 0 Å². The van der Waals surface area contributed by atoms with Crippen LogP contribution in [0.15, 0.2) is 0 Å². The van der Waals surface area contributed by atoms with Crippen LogP contribution in [0.25, 0.3) is 0 Å². The summed E-state index contributed by atoms with van der Waals surface area (Å²) in [4.78, 5) is 0. The minimum atomic E-state index is -2.69. The fourth-order valence-electron chi connectivity index (χ4n) is 3.95. The number of hydrogen-bond acceptors (Lipinski definition) is 3. The molecule has 138 valence electrons. The topological polar surface area (TPSA) is 50.4 Å². The van der Waals surface area contributed by atoms with Crippen LogP contribution in [0.1, 0.15) is 52.4 Å². The first kappa shape index (κ1) is 19.4. The van der Waals surface area contributed by atoms with Crippen molar-refractivity contribution < 1.29 is 8.95 Å². The molecule has 23 heavy (non-hydrogen) atoms. The summed E-state index contributed by atoms with van der Waals surface area (Å²) >= 11 is 0. The second kappa shape index (κ2) is 7.51.